The molecular formula is C22H17FN8O. The van der Waals surface area contributed by atoms with E-state index in [0.717, 1.165) is 11.1 Å². The van der Waals surface area contributed by atoms with Gasteiger partial charge in [-0.15, -0.1) is 0 Å². The van der Waals surface area contributed by atoms with Crippen molar-refractivity contribution in [1.82, 2.24) is 10.3 Å². The highest BCUT2D eigenvalue weighted by atomic mass is 19.1. The van der Waals surface area contributed by atoms with Crippen LogP contribution in [0, 0.1) is 28.6 Å². The normalized spacial score (nSPS) is 14.2. The molecular weight excluding hydrogens is 411 g/mol. The molecule has 10 heteroatoms. The molecule has 0 amide bonds. The lowest BCUT2D eigenvalue weighted by Gasteiger charge is -2.26. The Morgan fingerprint density at radius 3 is 2.47 bits per heavy atom. The number of ether oxygens (including phenoxy) is 1. The van der Waals surface area contributed by atoms with E-state index in [2.05, 4.69) is 20.6 Å². The average molecular weight is 428 g/mol. The predicted octanol–water partition coefficient (Wildman–Crippen LogP) is 2.87. The van der Waals surface area contributed by atoms with Gasteiger partial charge < -0.3 is 21.5 Å². The van der Waals surface area contributed by atoms with Gasteiger partial charge in [0, 0.05) is 5.56 Å². The van der Waals surface area contributed by atoms with Gasteiger partial charge >= 0.3 is 0 Å². The molecule has 1 aliphatic heterocycles. The number of anilines is 3. The van der Waals surface area contributed by atoms with Crippen LogP contribution in [0.1, 0.15) is 22.7 Å². The summed E-state index contributed by atoms with van der Waals surface area (Å²) in [7, 11) is 1.41. The number of aromatic nitrogens is 1. The molecule has 158 valence electrons. The zero-order chi connectivity index (χ0) is 22.8. The molecule has 32 heavy (non-hydrogen) atoms. The standard InChI is InChI=1S/C22H17FN8O/c1-32-16-7-6-13(8-15(16)23)11-2-4-12(5-3-11)19-17-18(26)14(9-24)20(27)30-21(17)31-22(29-19)28-10-25/h2-8,19H,1H3,(H6,26,27,28,29,30,31). The van der Waals surface area contributed by atoms with Crippen LogP contribution in [0.2, 0.25) is 0 Å². The Kier molecular flexibility index (Phi) is 5.19. The van der Waals surface area contributed by atoms with Crippen molar-refractivity contribution in [3.8, 4) is 29.1 Å². The molecule has 0 spiro atoms. The summed E-state index contributed by atoms with van der Waals surface area (Å²) >= 11 is 0. The van der Waals surface area contributed by atoms with Crippen molar-refractivity contribution < 1.29 is 9.13 Å². The van der Waals surface area contributed by atoms with Gasteiger partial charge in [-0.2, -0.15) is 10.5 Å². The number of nitrogens with zero attached hydrogens (tertiary/aromatic N) is 4. The SMILES string of the molecule is COc1ccc(-c2ccc(C3N=C(NC#N)Nc4nc(N)c(C#N)c(N)c43)cc2)cc1F. The van der Waals surface area contributed by atoms with E-state index in [1.165, 1.54) is 13.2 Å². The summed E-state index contributed by atoms with van der Waals surface area (Å²) in [6.07, 6.45) is 1.81. The number of nitriles is 2. The van der Waals surface area contributed by atoms with E-state index in [1.54, 1.807) is 18.3 Å². The van der Waals surface area contributed by atoms with Gasteiger partial charge in [0.05, 0.1) is 12.8 Å². The van der Waals surface area contributed by atoms with E-state index in [9.17, 15) is 9.65 Å². The minimum Gasteiger partial charge on any atom is -0.494 e. The Balaban J connectivity index is 1.78. The summed E-state index contributed by atoms with van der Waals surface area (Å²) < 4.78 is 19.1. The second kappa shape index (κ2) is 8.13. The first-order valence-electron chi connectivity index (χ1n) is 9.39. The van der Waals surface area contributed by atoms with Gasteiger partial charge in [-0.1, -0.05) is 30.3 Å². The zero-order valence-electron chi connectivity index (χ0n) is 16.8. The number of nitrogen functional groups attached to an aromatic ring is 2. The average Bonchev–Trinajstić information content (AvgIpc) is 2.79. The number of methoxy groups -OCH3 is 1. The Hall–Kier alpha value is -4.83. The lowest BCUT2D eigenvalue weighted by atomic mass is 9.93. The quantitative estimate of drug-likeness (QED) is 0.366. The lowest BCUT2D eigenvalue weighted by Crippen LogP contribution is -2.32. The Bertz CT molecular complexity index is 1320. The zero-order valence-corrected chi connectivity index (χ0v) is 16.8. The van der Waals surface area contributed by atoms with Gasteiger partial charge in [0.15, 0.2) is 17.8 Å². The van der Waals surface area contributed by atoms with E-state index in [0.29, 0.717) is 16.9 Å². The number of nitrogens with one attached hydrogen (secondary N) is 2. The molecule has 0 saturated carbocycles. The third kappa shape index (κ3) is 3.46. The molecule has 0 bridgehead atoms. The number of pyridine rings is 1. The molecule has 9 nitrogen and oxygen atoms in total. The maximum atomic E-state index is 14.1. The highest BCUT2D eigenvalue weighted by Crippen LogP contribution is 2.40. The fraction of sp³-hybridized carbons (Fsp3) is 0.0909. The largest absolute Gasteiger partial charge is 0.494 e. The molecule has 0 radical (unpaired) electrons. The summed E-state index contributed by atoms with van der Waals surface area (Å²) in [6, 6.07) is 13.3. The van der Waals surface area contributed by atoms with Crippen molar-refractivity contribution in [2.75, 3.05) is 23.9 Å². The maximum absolute atomic E-state index is 14.1. The number of rotatable bonds is 3. The lowest BCUT2D eigenvalue weighted by molar-refractivity contribution is 0.386. The summed E-state index contributed by atoms with van der Waals surface area (Å²) in [6.45, 7) is 0. The maximum Gasteiger partial charge on any atom is 0.211 e. The summed E-state index contributed by atoms with van der Waals surface area (Å²) in [4.78, 5) is 8.74. The van der Waals surface area contributed by atoms with Crippen molar-refractivity contribution in [3.63, 3.8) is 0 Å². The van der Waals surface area contributed by atoms with Crippen LogP contribution in [-0.2, 0) is 0 Å². The van der Waals surface area contributed by atoms with Gasteiger partial charge in [0.25, 0.3) is 0 Å². The van der Waals surface area contributed by atoms with Gasteiger partial charge in [-0.25, -0.2) is 14.4 Å². The van der Waals surface area contributed by atoms with Crippen LogP contribution >= 0.6 is 0 Å². The molecule has 0 saturated heterocycles. The topological polar surface area (TPSA) is 158 Å². The van der Waals surface area contributed by atoms with Crippen LogP contribution in [0.25, 0.3) is 11.1 Å². The summed E-state index contributed by atoms with van der Waals surface area (Å²) in [5.74, 6) is 0.156. The predicted molar refractivity (Wildman–Crippen MR) is 118 cm³/mol. The van der Waals surface area contributed by atoms with Crippen molar-refractivity contribution in [2.45, 2.75) is 6.04 Å². The van der Waals surface area contributed by atoms with Crippen LogP contribution in [0.4, 0.5) is 21.7 Å². The Labute approximate surface area is 182 Å². The molecule has 2 heterocycles. The second-order valence-electron chi connectivity index (χ2n) is 6.87. The molecule has 1 aromatic heterocycles. The van der Waals surface area contributed by atoms with E-state index in [4.69, 9.17) is 21.5 Å². The van der Waals surface area contributed by atoms with Gasteiger partial charge in [0.2, 0.25) is 5.96 Å². The van der Waals surface area contributed by atoms with Crippen LogP contribution < -0.4 is 26.8 Å². The molecule has 3 aromatic rings. The fourth-order valence-corrected chi connectivity index (χ4v) is 3.53. The molecule has 0 aliphatic carbocycles. The van der Waals surface area contributed by atoms with E-state index in [1.807, 2.05) is 30.3 Å². The number of hydrogen-bond acceptors (Lipinski definition) is 9. The van der Waals surface area contributed by atoms with Crippen molar-refractivity contribution in [3.05, 3.63) is 65.0 Å². The second-order valence-corrected chi connectivity index (χ2v) is 6.87. The number of halogens is 1. The molecule has 1 atom stereocenters. The Morgan fingerprint density at radius 2 is 1.84 bits per heavy atom. The van der Waals surface area contributed by atoms with Crippen LogP contribution in [0.3, 0.4) is 0 Å². The van der Waals surface area contributed by atoms with Gasteiger partial charge in [-0.05, 0) is 28.8 Å². The number of hydrogen-bond donors (Lipinski definition) is 4. The number of fused-ring (bicyclic) bond motifs is 1. The van der Waals surface area contributed by atoms with E-state index < -0.39 is 11.9 Å². The van der Waals surface area contributed by atoms with Crippen molar-refractivity contribution in [1.29, 1.82) is 10.5 Å². The first-order valence-corrected chi connectivity index (χ1v) is 9.39. The van der Waals surface area contributed by atoms with Crippen molar-refractivity contribution in [2.24, 2.45) is 4.99 Å². The third-order valence-electron chi connectivity index (χ3n) is 5.07. The molecule has 6 N–H and O–H groups in total. The fourth-order valence-electron chi connectivity index (χ4n) is 3.53. The number of nitrogens with two attached hydrogens (primary N) is 2. The summed E-state index contributed by atoms with van der Waals surface area (Å²) in [5, 5.41) is 23.7. The number of benzene rings is 2. The van der Waals surface area contributed by atoms with Crippen LogP contribution in [0.5, 0.6) is 5.75 Å². The smallest absolute Gasteiger partial charge is 0.211 e. The van der Waals surface area contributed by atoms with Gasteiger partial charge in [-0.3, -0.25) is 5.32 Å². The molecule has 2 aromatic carbocycles. The molecule has 1 unspecified atom stereocenters. The van der Waals surface area contributed by atoms with Crippen LogP contribution in [-0.4, -0.2) is 18.1 Å². The van der Waals surface area contributed by atoms with E-state index >= 15 is 0 Å². The van der Waals surface area contributed by atoms with Crippen molar-refractivity contribution >= 4 is 23.3 Å². The first kappa shape index (κ1) is 20.4. The highest BCUT2D eigenvalue weighted by Gasteiger charge is 2.29. The molecule has 1 aliphatic rings. The third-order valence-corrected chi connectivity index (χ3v) is 5.07. The first-order chi connectivity index (χ1) is 15.5. The van der Waals surface area contributed by atoms with E-state index in [-0.39, 0.29) is 28.8 Å². The molecule has 0 fully saturated rings. The van der Waals surface area contributed by atoms with Gasteiger partial charge in [0.1, 0.15) is 29.3 Å². The van der Waals surface area contributed by atoms with Crippen LogP contribution in [0.15, 0.2) is 47.5 Å². The minimum atomic E-state index is -0.649. The number of guanidine groups is 1. The highest BCUT2D eigenvalue weighted by molar-refractivity contribution is 5.98. The Morgan fingerprint density at radius 1 is 1.12 bits per heavy atom. The summed E-state index contributed by atoms with van der Waals surface area (Å²) in [5.41, 5.74) is 15.0. The molecule has 4 rings (SSSR count). The monoisotopic (exact) mass is 428 g/mol. The number of aliphatic imine (C=N–C) groups is 1. The minimum absolute atomic E-state index is 0.0231.